The van der Waals surface area contributed by atoms with Crippen LogP contribution in [0.3, 0.4) is 0 Å². The largest absolute Gasteiger partial charge is 0.268 e. The molecule has 0 aliphatic carbocycles. The Bertz CT molecular complexity index is 2600. The number of hydrogen-bond donors (Lipinski definition) is 0. The number of nitrogens with zero attached hydrogens (tertiary/aromatic N) is 27. The van der Waals surface area contributed by atoms with Crippen LogP contribution in [-0.2, 0) is 14.1 Å². The van der Waals surface area contributed by atoms with E-state index in [0.717, 1.165) is 59.1 Å². The van der Waals surface area contributed by atoms with Crippen LogP contribution in [0.4, 0.5) is 0 Å². The lowest BCUT2D eigenvalue weighted by molar-refractivity contribution is 0.629. The van der Waals surface area contributed by atoms with Gasteiger partial charge in [0.05, 0.1) is 37.3 Å². The van der Waals surface area contributed by atoms with Crippen LogP contribution in [0.5, 0.6) is 0 Å². The Balaban J connectivity index is -0.0000000586. The molecule has 0 saturated carbocycles. The zero-order valence-corrected chi connectivity index (χ0v) is 57.7. The van der Waals surface area contributed by atoms with Gasteiger partial charge in [0.25, 0.3) is 0 Å². The maximum atomic E-state index is 3.98. The van der Waals surface area contributed by atoms with Crippen molar-refractivity contribution >= 4 is 23.5 Å². The van der Waals surface area contributed by atoms with Crippen molar-refractivity contribution in [3.05, 3.63) is 174 Å². The summed E-state index contributed by atoms with van der Waals surface area (Å²) in [5.74, 6) is 3.15. The zero-order chi connectivity index (χ0) is 68.1. The Morgan fingerprint density at radius 2 is 1.04 bits per heavy atom. The van der Waals surface area contributed by atoms with Crippen LogP contribution in [0.1, 0.15) is 218 Å². The Kier molecular flexibility index (Phi) is 124. The minimum atomic E-state index is 0. The minimum Gasteiger partial charge on any atom is -0.268 e. The average molecular weight is 1390 g/mol. The molecule has 0 saturated heterocycles. The Labute approximate surface area is 605 Å². The van der Waals surface area contributed by atoms with Gasteiger partial charge in [-0.2, -0.15) is 35.5 Å². The molecule has 12 heterocycles. The van der Waals surface area contributed by atoms with Crippen LogP contribution in [0.15, 0.2) is 195 Å². The highest BCUT2D eigenvalue weighted by Crippen LogP contribution is 2.02. The van der Waals surface area contributed by atoms with Crippen molar-refractivity contribution < 1.29 is 0 Å². The van der Waals surface area contributed by atoms with Gasteiger partial charge in [-0.3, -0.25) is 24.9 Å². The van der Waals surface area contributed by atoms with Crippen LogP contribution in [0.25, 0.3) is 0 Å². The lowest BCUT2D eigenvalue weighted by atomic mass is 10.3. The second-order valence-electron chi connectivity index (χ2n) is 16.1. The van der Waals surface area contributed by atoms with Crippen LogP contribution in [0.2, 0.25) is 0 Å². The zero-order valence-electron chi connectivity index (χ0n) is 57.7. The summed E-state index contributed by atoms with van der Waals surface area (Å²) in [6.07, 6.45) is 21.2. The molecule has 0 amide bonds. The highest BCUT2D eigenvalue weighted by molar-refractivity contribution is 6.30. The molecule has 0 N–H and O–H groups in total. The molecule has 5 aliphatic heterocycles. The lowest BCUT2D eigenvalue weighted by Gasteiger charge is -1.82. The van der Waals surface area contributed by atoms with Crippen molar-refractivity contribution in [2.75, 3.05) is 33.0 Å². The number of rotatable bonds is 0. The molecule has 566 valence electrons. The molecule has 0 aromatic carbocycles. The molecule has 27 heteroatoms. The first-order valence-corrected chi connectivity index (χ1v) is 29.4. The van der Waals surface area contributed by atoms with Crippen molar-refractivity contribution in [3.8, 4) is 0 Å². The van der Waals surface area contributed by atoms with E-state index in [0.29, 0.717) is 25.7 Å². The highest BCUT2D eigenvalue weighted by Gasteiger charge is 1.93. The van der Waals surface area contributed by atoms with E-state index in [1.54, 1.807) is 87.6 Å². The number of aryl methyl sites for hydroxylation is 9. The van der Waals surface area contributed by atoms with E-state index < -0.39 is 0 Å². The molecule has 0 atom stereocenters. The summed E-state index contributed by atoms with van der Waals surface area (Å²) in [5.41, 5.74) is 8.87. The molecule has 99 heavy (non-hydrogen) atoms. The van der Waals surface area contributed by atoms with Gasteiger partial charge in [-0.15, -0.1) is 25.5 Å². The van der Waals surface area contributed by atoms with E-state index in [4.69, 9.17) is 0 Å². The Morgan fingerprint density at radius 1 is 0.455 bits per heavy atom. The highest BCUT2D eigenvalue weighted by atomic mass is 15.6. The standard InChI is InChI=1S/3C6H7N.2C5H6N2.3C4H6N2.2C3H6N4.2C3H5N3.5C2H6.10CH4/c1-6-2-4-7-5-3-6;1-6-3-2-4-7-5-6;1-6-4-2-3-5-7-6;1-5-2-3-6-4-7-5;1-5-6-3-2-4-7-5;1-4-2-5-3-6-4;1-4-2-5-6-3-4;1-4-2-3-5-6-4;1-3-4-5-6-7(3)2;1-3-4-6-7(2)5-3;1-3-4-2-5-6-3;1-3-2-4-6-5-3;5*1-2;;;;;;;;;;/h3*2-5H,1H3;2*2-4H,1H3;3*2H,3H2,1H3;2*1-2H3;2*2H2,1H3;5*1-2H3;10*1H4. The molecule has 0 spiro atoms. The molecule has 0 radical (unpaired) electrons. The number of aliphatic imine (C=N–C) groups is 3. The second-order valence-corrected chi connectivity index (χ2v) is 16.1. The average Bonchev–Trinajstić information content (AvgIpc) is 2.99. The number of aromatic nitrogens is 15. The number of amidine groups is 1. The SMILES string of the molecule is C.C.C.C.C.C.C.C.C.C.CC.CC.CC.CC.CC.CC1=CCN=N1.CC1=CN=NC1.CC1=NCN=C1.CC1=NCN=N1.CC1=NN=NC1.Cc1ccccn1.Cc1cccnc1.Cc1ccncc1.Cc1ccncn1.Cc1ncccn1.Cc1nnn(C)n1.Cc1nnnn1C. The van der Waals surface area contributed by atoms with Crippen molar-refractivity contribution in [1.82, 2.24) is 75.3 Å². The fourth-order valence-electron chi connectivity index (χ4n) is 4.34. The molecule has 7 aromatic rings. The summed E-state index contributed by atoms with van der Waals surface area (Å²) in [4.78, 5) is 40.1. The summed E-state index contributed by atoms with van der Waals surface area (Å²) in [7, 11) is 3.54. The maximum absolute atomic E-state index is 3.98. The minimum absolute atomic E-state index is 0. The van der Waals surface area contributed by atoms with E-state index in [1.807, 2.05) is 206 Å². The van der Waals surface area contributed by atoms with Gasteiger partial charge >= 0.3 is 0 Å². The van der Waals surface area contributed by atoms with Crippen LogP contribution in [-0.4, -0.2) is 132 Å². The summed E-state index contributed by atoms with van der Waals surface area (Å²) >= 11 is 0. The van der Waals surface area contributed by atoms with E-state index in [2.05, 4.69) is 127 Å². The first-order valence-electron chi connectivity index (χ1n) is 29.4. The summed E-state index contributed by atoms with van der Waals surface area (Å²) < 4.78 is 1.61. The first kappa shape index (κ1) is 126. The van der Waals surface area contributed by atoms with Crippen LogP contribution < -0.4 is 0 Å². The number of allylic oxidation sites excluding steroid dienone is 1. The lowest BCUT2D eigenvalue weighted by Crippen LogP contribution is -1.92. The van der Waals surface area contributed by atoms with Gasteiger partial charge in [0, 0.05) is 80.4 Å². The van der Waals surface area contributed by atoms with Gasteiger partial charge in [-0.1, -0.05) is 156 Å². The third kappa shape index (κ3) is 92.5. The van der Waals surface area contributed by atoms with Crippen molar-refractivity contribution in [3.63, 3.8) is 0 Å². The molecule has 0 fully saturated rings. The van der Waals surface area contributed by atoms with E-state index in [-0.39, 0.29) is 74.3 Å². The predicted octanol–water partition coefficient (Wildman–Crippen LogP) is 21.1. The molecule has 27 nitrogen and oxygen atoms in total. The first-order chi connectivity index (χ1) is 43.0. The van der Waals surface area contributed by atoms with E-state index >= 15 is 0 Å². The monoisotopic (exact) mass is 1390 g/mol. The molecule has 12 rings (SSSR count). The van der Waals surface area contributed by atoms with Gasteiger partial charge in [0.1, 0.15) is 37.0 Å². The molecule has 0 bridgehead atoms. The normalized spacial score (nSPS) is 10.3. The summed E-state index contributed by atoms with van der Waals surface area (Å²) in [6.45, 7) is 46.6. The number of azo groups is 3. The molecule has 7 aromatic heterocycles. The molecule has 0 unspecified atom stereocenters. The van der Waals surface area contributed by atoms with E-state index in [1.165, 1.54) is 27.8 Å². The van der Waals surface area contributed by atoms with Gasteiger partial charge in [-0.05, 0) is 169 Å². The molecular weight excluding hydrogens is 1240 g/mol. The fraction of sp³-hybridized carbons (Fsp3) is 0.542. The van der Waals surface area contributed by atoms with Gasteiger partial charge < -0.3 is 0 Å². The quantitative estimate of drug-likeness (QED) is 0.136. The number of pyridine rings is 3. The Morgan fingerprint density at radius 3 is 1.21 bits per heavy atom. The second kappa shape index (κ2) is 97.0. The van der Waals surface area contributed by atoms with Crippen LogP contribution in [0, 0.1) is 48.5 Å². The summed E-state index contributed by atoms with van der Waals surface area (Å²) in [5, 5.41) is 54.1. The third-order valence-electron chi connectivity index (χ3n) is 8.55. The van der Waals surface area contributed by atoms with Crippen molar-refractivity contribution in [2.24, 2.45) is 75.2 Å². The van der Waals surface area contributed by atoms with Gasteiger partial charge in [-0.25, -0.2) is 29.6 Å². The molecular formula is C72H143N27. The Hall–Kier alpha value is -9.69. The fourth-order valence-corrected chi connectivity index (χ4v) is 4.34. The predicted molar refractivity (Wildman–Crippen MR) is 431 cm³/mol. The van der Waals surface area contributed by atoms with E-state index in [9.17, 15) is 0 Å². The smallest absolute Gasteiger partial charge is 0.171 e. The molecule has 5 aliphatic rings. The van der Waals surface area contributed by atoms with Crippen LogP contribution >= 0.6 is 0 Å². The van der Waals surface area contributed by atoms with Gasteiger partial charge in [0.15, 0.2) is 12.5 Å². The maximum Gasteiger partial charge on any atom is 0.171 e. The van der Waals surface area contributed by atoms with Crippen molar-refractivity contribution in [2.45, 2.75) is 227 Å². The topological polar surface area (TPSA) is 326 Å². The summed E-state index contributed by atoms with van der Waals surface area (Å²) in [6, 6.07) is 17.4. The number of tetrazole rings is 2. The third-order valence-corrected chi connectivity index (χ3v) is 8.55. The van der Waals surface area contributed by atoms with Gasteiger partial charge in [0.2, 0.25) is 0 Å². The number of hydrogen-bond acceptors (Lipinski definition) is 25. The van der Waals surface area contributed by atoms with Crippen molar-refractivity contribution in [1.29, 1.82) is 0 Å².